The summed E-state index contributed by atoms with van der Waals surface area (Å²) in [5, 5.41) is 0. The van der Waals surface area contributed by atoms with E-state index in [2.05, 4.69) is 0 Å². The molecule has 94 valence electrons. The molecule has 0 amide bonds. The van der Waals surface area contributed by atoms with E-state index in [1.807, 2.05) is 0 Å². The molecule has 0 aliphatic heterocycles. The molecular weight excluding hydrogens is 258 g/mol. The number of hydrogen-bond donors (Lipinski definition) is 0. The van der Waals surface area contributed by atoms with E-state index >= 15 is 0 Å². The van der Waals surface area contributed by atoms with Gasteiger partial charge in [-0.05, 0) is 17.7 Å². The Morgan fingerprint density at radius 2 is 0.889 bits per heavy atom. The van der Waals surface area contributed by atoms with E-state index in [-0.39, 0.29) is 5.56 Å². The Bertz CT molecular complexity index is 574. The molecule has 0 aliphatic rings. The normalized spacial score (nSPS) is 10.8. The van der Waals surface area contributed by atoms with Crippen LogP contribution in [0.2, 0.25) is 0 Å². The lowest BCUT2D eigenvalue weighted by atomic mass is 10.0. The summed E-state index contributed by atoms with van der Waals surface area (Å²) in [4.78, 5) is 0. The highest BCUT2D eigenvalue weighted by Crippen LogP contribution is 2.31. The average Bonchev–Trinajstić information content (AvgIpc) is 2.36. The number of halogens is 6. The predicted octanol–water partition coefficient (Wildman–Crippen LogP) is 4.19. The standard InChI is InChI=1S/C12H4F6/c13-6-3-1-5(2-4-6)7-8(14)10(16)12(18)11(17)9(7)15/h1-4H. The third-order valence-corrected chi connectivity index (χ3v) is 2.34. The second-order valence-corrected chi connectivity index (χ2v) is 3.45. The molecule has 0 nitrogen and oxygen atoms in total. The first kappa shape index (κ1) is 12.5. The predicted molar refractivity (Wildman–Crippen MR) is 51.6 cm³/mol. The summed E-state index contributed by atoms with van der Waals surface area (Å²) in [5.74, 6) is -10.9. The molecule has 0 unspecified atom stereocenters. The fraction of sp³-hybridized carbons (Fsp3) is 0. The second-order valence-electron chi connectivity index (χ2n) is 3.45. The molecule has 0 heterocycles. The van der Waals surface area contributed by atoms with Gasteiger partial charge in [0, 0.05) is 0 Å². The van der Waals surface area contributed by atoms with Gasteiger partial charge >= 0.3 is 0 Å². The molecular formula is C12H4F6. The monoisotopic (exact) mass is 262 g/mol. The summed E-state index contributed by atoms with van der Waals surface area (Å²) in [6.07, 6.45) is 0. The van der Waals surface area contributed by atoms with Crippen molar-refractivity contribution in [3.63, 3.8) is 0 Å². The van der Waals surface area contributed by atoms with Gasteiger partial charge < -0.3 is 0 Å². The maximum Gasteiger partial charge on any atom is 0.200 e. The maximum absolute atomic E-state index is 13.4. The molecule has 2 aromatic carbocycles. The highest BCUT2D eigenvalue weighted by Gasteiger charge is 2.26. The minimum Gasteiger partial charge on any atom is -0.207 e. The van der Waals surface area contributed by atoms with Crippen LogP contribution in [0.15, 0.2) is 24.3 Å². The highest BCUT2D eigenvalue weighted by molar-refractivity contribution is 5.65. The van der Waals surface area contributed by atoms with E-state index < -0.39 is 40.5 Å². The van der Waals surface area contributed by atoms with E-state index in [1.54, 1.807) is 0 Å². The van der Waals surface area contributed by atoms with Crippen molar-refractivity contribution in [2.45, 2.75) is 0 Å². The van der Waals surface area contributed by atoms with E-state index in [4.69, 9.17) is 0 Å². The van der Waals surface area contributed by atoms with E-state index in [0.717, 1.165) is 24.3 Å². The van der Waals surface area contributed by atoms with Crippen LogP contribution in [0.4, 0.5) is 26.3 Å². The van der Waals surface area contributed by atoms with Crippen LogP contribution < -0.4 is 0 Å². The summed E-state index contributed by atoms with van der Waals surface area (Å²) in [5.41, 5.74) is -1.38. The number of benzene rings is 2. The molecule has 2 rings (SSSR count). The quantitative estimate of drug-likeness (QED) is 0.410. The zero-order chi connectivity index (χ0) is 13.4. The number of rotatable bonds is 1. The highest BCUT2D eigenvalue weighted by atomic mass is 19.2. The molecule has 0 bridgehead atoms. The SMILES string of the molecule is Fc1ccc(-c2c(F)c(F)c(F)c(F)c2F)cc1. The summed E-state index contributed by atoms with van der Waals surface area (Å²) >= 11 is 0. The van der Waals surface area contributed by atoms with Crippen molar-refractivity contribution in [1.29, 1.82) is 0 Å². The Kier molecular flexibility index (Phi) is 3.02. The third kappa shape index (κ3) is 1.83. The zero-order valence-electron chi connectivity index (χ0n) is 8.58. The largest absolute Gasteiger partial charge is 0.207 e. The first-order valence-electron chi connectivity index (χ1n) is 4.71. The summed E-state index contributed by atoms with van der Waals surface area (Å²) in [7, 11) is 0. The molecule has 0 radical (unpaired) electrons. The van der Waals surface area contributed by atoms with Crippen LogP contribution in [0, 0.1) is 34.9 Å². The molecule has 0 atom stereocenters. The van der Waals surface area contributed by atoms with E-state index in [9.17, 15) is 26.3 Å². The van der Waals surface area contributed by atoms with Crippen molar-refractivity contribution < 1.29 is 26.3 Å². The zero-order valence-corrected chi connectivity index (χ0v) is 8.58. The van der Waals surface area contributed by atoms with Crippen LogP contribution in [-0.4, -0.2) is 0 Å². The molecule has 0 saturated heterocycles. The fourth-order valence-electron chi connectivity index (χ4n) is 1.47. The van der Waals surface area contributed by atoms with Gasteiger partial charge in [-0.1, -0.05) is 12.1 Å². The maximum atomic E-state index is 13.4. The fourth-order valence-corrected chi connectivity index (χ4v) is 1.47. The molecule has 0 fully saturated rings. The van der Waals surface area contributed by atoms with Gasteiger partial charge in [0.05, 0.1) is 5.56 Å². The molecule has 2 aromatic rings. The van der Waals surface area contributed by atoms with Gasteiger partial charge in [-0.3, -0.25) is 0 Å². The Morgan fingerprint density at radius 1 is 0.500 bits per heavy atom. The van der Waals surface area contributed by atoms with Crippen molar-refractivity contribution in [2.75, 3.05) is 0 Å². The van der Waals surface area contributed by atoms with Crippen LogP contribution in [0.5, 0.6) is 0 Å². The average molecular weight is 262 g/mol. The number of hydrogen-bond acceptors (Lipinski definition) is 0. The van der Waals surface area contributed by atoms with Gasteiger partial charge in [-0.25, -0.2) is 26.3 Å². The van der Waals surface area contributed by atoms with Gasteiger partial charge in [0.25, 0.3) is 0 Å². The minimum absolute atomic E-state index is 0.302. The first-order valence-corrected chi connectivity index (χ1v) is 4.71. The van der Waals surface area contributed by atoms with Crippen LogP contribution in [-0.2, 0) is 0 Å². The van der Waals surface area contributed by atoms with Crippen molar-refractivity contribution in [3.05, 3.63) is 59.2 Å². The lowest BCUT2D eigenvalue weighted by Gasteiger charge is -2.08. The topological polar surface area (TPSA) is 0 Å². The molecule has 0 N–H and O–H groups in total. The lowest BCUT2D eigenvalue weighted by Crippen LogP contribution is -2.03. The van der Waals surface area contributed by atoms with Crippen LogP contribution in [0.1, 0.15) is 0 Å². The summed E-state index contributed by atoms with van der Waals surface area (Å²) in [6.45, 7) is 0. The molecule has 0 aliphatic carbocycles. The van der Waals surface area contributed by atoms with Gasteiger partial charge in [0.2, 0.25) is 5.82 Å². The van der Waals surface area contributed by atoms with Crippen molar-refractivity contribution in [1.82, 2.24) is 0 Å². The Hall–Kier alpha value is -1.98. The third-order valence-electron chi connectivity index (χ3n) is 2.34. The van der Waals surface area contributed by atoms with Gasteiger partial charge in [0.15, 0.2) is 23.3 Å². The summed E-state index contributed by atoms with van der Waals surface area (Å²) in [6, 6.07) is 3.56. The molecule has 18 heavy (non-hydrogen) atoms. The van der Waals surface area contributed by atoms with E-state index in [1.165, 1.54) is 0 Å². The molecule has 0 spiro atoms. The Balaban J connectivity index is 2.75. The Labute approximate surface area is 97.5 Å². The Morgan fingerprint density at radius 3 is 1.33 bits per heavy atom. The molecule has 0 aromatic heterocycles. The van der Waals surface area contributed by atoms with Gasteiger partial charge in [-0.2, -0.15) is 0 Å². The van der Waals surface area contributed by atoms with Gasteiger partial charge in [-0.15, -0.1) is 0 Å². The van der Waals surface area contributed by atoms with Gasteiger partial charge in [0.1, 0.15) is 5.82 Å². The van der Waals surface area contributed by atoms with Crippen LogP contribution in [0.3, 0.4) is 0 Å². The minimum atomic E-state index is -2.23. The van der Waals surface area contributed by atoms with Crippen molar-refractivity contribution in [3.8, 4) is 11.1 Å². The second kappa shape index (κ2) is 4.36. The molecule has 0 saturated carbocycles. The van der Waals surface area contributed by atoms with Crippen molar-refractivity contribution in [2.24, 2.45) is 0 Å². The van der Waals surface area contributed by atoms with Crippen LogP contribution >= 0.6 is 0 Å². The van der Waals surface area contributed by atoms with Crippen molar-refractivity contribution >= 4 is 0 Å². The first-order chi connectivity index (χ1) is 8.43. The van der Waals surface area contributed by atoms with Crippen LogP contribution in [0.25, 0.3) is 11.1 Å². The smallest absolute Gasteiger partial charge is 0.200 e. The van der Waals surface area contributed by atoms with E-state index in [0.29, 0.717) is 0 Å². The summed E-state index contributed by atoms with van der Waals surface area (Å²) < 4.78 is 78.0. The molecule has 6 heteroatoms. The lowest BCUT2D eigenvalue weighted by molar-refractivity contribution is 0.381.